The maximum absolute atomic E-state index is 9.12. The lowest BCUT2D eigenvalue weighted by Crippen LogP contribution is -2.20. The quantitative estimate of drug-likeness (QED) is 0.846. The van der Waals surface area contributed by atoms with E-state index < -0.39 is 0 Å². The molecule has 1 aromatic carbocycles. The number of hydrogen-bond donors (Lipinski definition) is 2. The number of nitrogens with two attached hydrogens (primary N) is 1. The second-order valence-electron chi connectivity index (χ2n) is 4.38. The summed E-state index contributed by atoms with van der Waals surface area (Å²) in [5, 5.41) is 10.2. The standard InChI is InChI=1S/C14H17N3/c1-3-10(8-15)14(16)13-9(2)17-12-7-5-4-6-11(12)13/h4-7,10,14,17H,3,16H2,1-2H3. The molecule has 3 nitrogen and oxygen atoms in total. The zero-order valence-corrected chi connectivity index (χ0v) is 10.2. The Labute approximate surface area is 101 Å². The van der Waals surface area contributed by atoms with E-state index in [9.17, 15) is 0 Å². The highest BCUT2D eigenvalue weighted by Crippen LogP contribution is 2.31. The largest absolute Gasteiger partial charge is 0.358 e. The Bertz CT molecular complexity index is 562. The molecule has 2 aromatic rings. The predicted octanol–water partition coefficient (Wildman–Crippen LogP) is 3.03. The van der Waals surface area contributed by atoms with Crippen molar-refractivity contribution in [3.05, 3.63) is 35.5 Å². The van der Waals surface area contributed by atoms with Crippen LogP contribution in [0.25, 0.3) is 10.9 Å². The molecule has 0 bridgehead atoms. The molecule has 3 N–H and O–H groups in total. The number of aryl methyl sites for hydroxylation is 1. The lowest BCUT2D eigenvalue weighted by molar-refractivity contribution is 0.518. The molecule has 0 radical (unpaired) electrons. The zero-order chi connectivity index (χ0) is 12.4. The lowest BCUT2D eigenvalue weighted by Gasteiger charge is -2.16. The maximum atomic E-state index is 9.12. The van der Waals surface area contributed by atoms with Crippen LogP contribution in [0.1, 0.15) is 30.6 Å². The molecule has 1 aromatic heterocycles. The van der Waals surface area contributed by atoms with Gasteiger partial charge >= 0.3 is 0 Å². The molecule has 0 saturated heterocycles. The summed E-state index contributed by atoms with van der Waals surface area (Å²) < 4.78 is 0. The molecule has 0 amide bonds. The van der Waals surface area contributed by atoms with Gasteiger partial charge in [-0.15, -0.1) is 0 Å². The summed E-state index contributed by atoms with van der Waals surface area (Å²) in [7, 11) is 0. The number of aromatic amines is 1. The van der Waals surface area contributed by atoms with Gasteiger partial charge in [0.2, 0.25) is 0 Å². The summed E-state index contributed by atoms with van der Waals surface area (Å²) in [6.07, 6.45) is 0.774. The third-order valence-corrected chi connectivity index (χ3v) is 3.32. The first-order chi connectivity index (χ1) is 8.19. The van der Waals surface area contributed by atoms with Gasteiger partial charge in [0.25, 0.3) is 0 Å². The number of rotatable bonds is 3. The second kappa shape index (κ2) is 4.60. The van der Waals surface area contributed by atoms with Gasteiger partial charge in [-0.1, -0.05) is 25.1 Å². The summed E-state index contributed by atoms with van der Waals surface area (Å²) in [4.78, 5) is 3.32. The van der Waals surface area contributed by atoms with Crippen LogP contribution in [0, 0.1) is 24.2 Å². The van der Waals surface area contributed by atoms with Crippen LogP contribution in [-0.2, 0) is 0 Å². The van der Waals surface area contributed by atoms with E-state index in [0.29, 0.717) is 0 Å². The minimum atomic E-state index is -0.221. The average molecular weight is 227 g/mol. The van der Waals surface area contributed by atoms with Crippen molar-refractivity contribution in [3.63, 3.8) is 0 Å². The fourth-order valence-electron chi connectivity index (χ4n) is 2.35. The van der Waals surface area contributed by atoms with Gasteiger partial charge in [-0.25, -0.2) is 0 Å². The summed E-state index contributed by atoms with van der Waals surface area (Å²) in [6, 6.07) is 10.2. The topological polar surface area (TPSA) is 65.6 Å². The van der Waals surface area contributed by atoms with E-state index in [4.69, 9.17) is 11.0 Å². The second-order valence-corrected chi connectivity index (χ2v) is 4.38. The molecule has 0 aliphatic rings. The lowest BCUT2D eigenvalue weighted by atomic mass is 9.91. The van der Waals surface area contributed by atoms with Crippen molar-refractivity contribution < 1.29 is 0 Å². The molecule has 1 heterocycles. The van der Waals surface area contributed by atoms with Crippen molar-refractivity contribution in [3.8, 4) is 6.07 Å². The van der Waals surface area contributed by atoms with Gasteiger partial charge < -0.3 is 10.7 Å². The molecule has 88 valence electrons. The summed E-state index contributed by atoms with van der Waals surface area (Å²) >= 11 is 0. The minimum Gasteiger partial charge on any atom is -0.358 e. The number of nitrogens with one attached hydrogen (secondary N) is 1. The normalized spacial score (nSPS) is 14.5. The zero-order valence-electron chi connectivity index (χ0n) is 10.2. The molecular weight excluding hydrogens is 210 g/mol. The molecule has 2 rings (SSSR count). The Hall–Kier alpha value is -1.79. The van der Waals surface area contributed by atoms with Gasteiger partial charge in [-0.2, -0.15) is 5.26 Å². The highest BCUT2D eigenvalue weighted by molar-refractivity contribution is 5.85. The van der Waals surface area contributed by atoms with E-state index in [1.165, 1.54) is 0 Å². The van der Waals surface area contributed by atoms with E-state index in [1.54, 1.807) is 0 Å². The molecule has 0 saturated carbocycles. The third kappa shape index (κ3) is 1.92. The van der Waals surface area contributed by atoms with E-state index >= 15 is 0 Å². The smallest absolute Gasteiger partial charge is 0.0675 e. The fraction of sp³-hybridized carbons (Fsp3) is 0.357. The Morgan fingerprint density at radius 2 is 2.12 bits per heavy atom. The molecule has 17 heavy (non-hydrogen) atoms. The van der Waals surface area contributed by atoms with E-state index in [2.05, 4.69) is 17.1 Å². The van der Waals surface area contributed by atoms with Crippen LogP contribution in [0.15, 0.2) is 24.3 Å². The van der Waals surface area contributed by atoms with Crippen LogP contribution < -0.4 is 5.73 Å². The minimum absolute atomic E-state index is 0.132. The van der Waals surface area contributed by atoms with Gasteiger partial charge in [-0.3, -0.25) is 0 Å². The number of aromatic nitrogens is 1. The number of fused-ring (bicyclic) bond motifs is 1. The third-order valence-electron chi connectivity index (χ3n) is 3.32. The molecular formula is C14H17N3. The maximum Gasteiger partial charge on any atom is 0.0675 e. The van der Waals surface area contributed by atoms with Crippen LogP contribution in [0.5, 0.6) is 0 Å². The number of H-pyrrole nitrogens is 1. The Balaban J connectivity index is 2.55. The van der Waals surface area contributed by atoms with E-state index in [0.717, 1.165) is 28.6 Å². The number of hydrogen-bond acceptors (Lipinski definition) is 2. The predicted molar refractivity (Wildman–Crippen MR) is 69.4 cm³/mol. The Morgan fingerprint density at radius 1 is 1.41 bits per heavy atom. The first-order valence-electron chi connectivity index (χ1n) is 5.91. The van der Waals surface area contributed by atoms with Crippen molar-refractivity contribution in [2.45, 2.75) is 26.3 Å². The molecule has 0 fully saturated rings. The number of benzene rings is 1. The molecule has 3 heteroatoms. The SMILES string of the molecule is CCC(C#N)C(N)c1c(C)[nH]c2ccccc12. The summed E-state index contributed by atoms with van der Waals surface area (Å²) in [6.45, 7) is 4.01. The monoisotopic (exact) mass is 227 g/mol. The van der Waals surface area contributed by atoms with Gasteiger partial charge in [0.1, 0.15) is 0 Å². The van der Waals surface area contributed by atoms with E-state index in [-0.39, 0.29) is 12.0 Å². The summed E-state index contributed by atoms with van der Waals surface area (Å²) in [5.74, 6) is -0.132. The number of para-hydroxylation sites is 1. The van der Waals surface area contributed by atoms with E-state index in [1.807, 2.05) is 32.0 Å². The highest BCUT2D eigenvalue weighted by Gasteiger charge is 2.22. The van der Waals surface area contributed by atoms with Crippen molar-refractivity contribution in [1.82, 2.24) is 4.98 Å². The van der Waals surface area contributed by atoms with Crippen LogP contribution in [0.2, 0.25) is 0 Å². The molecule has 0 aliphatic heterocycles. The molecule has 2 unspecified atom stereocenters. The van der Waals surface area contributed by atoms with Gasteiger partial charge in [-0.05, 0) is 25.0 Å². The first kappa shape index (κ1) is 11.7. The van der Waals surface area contributed by atoms with Gasteiger partial charge in [0, 0.05) is 22.6 Å². The number of nitriles is 1. The Kier molecular flexibility index (Phi) is 3.16. The van der Waals surface area contributed by atoms with Crippen LogP contribution in [0.3, 0.4) is 0 Å². The van der Waals surface area contributed by atoms with Gasteiger partial charge in [0.15, 0.2) is 0 Å². The Morgan fingerprint density at radius 3 is 2.76 bits per heavy atom. The molecule has 0 spiro atoms. The van der Waals surface area contributed by atoms with Crippen molar-refractivity contribution in [2.24, 2.45) is 11.7 Å². The molecule has 2 atom stereocenters. The first-order valence-corrected chi connectivity index (χ1v) is 5.91. The fourth-order valence-corrected chi connectivity index (χ4v) is 2.35. The highest BCUT2D eigenvalue weighted by atomic mass is 14.8. The van der Waals surface area contributed by atoms with Gasteiger partial charge in [0.05, 0.1) is 12.0 Å². The molecule has 0 aliphatic carbocycles. The van der Waals surface area contributed by atoms with Crippen LogP contribution in [-0.4, -0.2) is 4.98 Å². The van der Waals surface area contributed by atoms with Crippen LogP contribution in [0.4, 0.5) is 0 Å². The number of nitrogens with zero attached hydrogens (tertiary/aromatic N) is 1. The summed E-state index contributed by atoms with van der Waals surface area (Å²) in [5.41, 5.74) is 9.46. The van der Waals surface area contributed by atoms with Crippen LogP contribution >= 0.6 is 0 Å². The van der Waals surface area contributed by atoms with Crippen molar-refractivity contribution in [2.75, 3.05) is 0 Å². The average Bonchev–Trinajstić information content (AvgIpc) is 2.66. The van der Waals surface area contributed by atoms with Crippen molar-refractivity contribution >= 4 is 10.9 Å². The van der Waals surface area contributed by atoms with Crippen molar-refractivity contribution in [1.29, 1.82) is 5.26 Å².